The van der Waals surface area contributed by atoms with Gasteiger partial charge in [-0.05, 0) is 35.9 Å². The first-order valence-corrected chi connectivity index (χ1v) is 8.18. The lowest BCUT2D eigenvalue weighted by molar-refractivity contribution is -0.124. The highest BCUT2D eigenvalue weighted by molar-refractivity contribution is 5.84. The molecule has 0 aliphatic rings. The number of hydrogen-bond acceptors (Lipinski definition) is 5. The number of methoxy groups -OCH3 is 1. The van der Waals surface area contributed by atoms with Crippen molar-refractivity contribution in [2.75, 3.05) is 7.11 Å². The van der Waals surface area contributed by atoms with E-state index in [-0.39, 0.29) is 17.6 Å². The third-order valence-electron chi connectivity index (χ3n) is 4.04. The van der Waals surface area contributed by atoms with Gasteiger partial charge in [-0.25, -0.2) is 10.4 Å². The highest BCUT2D eigenvalue weighted by atomic mass is 16.5. The number of hydrogen-bond donors (Lipinski definition) is 2. The molecule has 0 spiro atoms. The molecule has 7 nitrogen and oxygen atoms in total. The van der Waals surface area contributed by atoms with Crippen LogP contribution in [0.25, 0.3) is 11.0 Å². The second-order valence-electron chi connectivity index (χ2n) is 5.95. The summed E-state index contributed by atoms with van der Waals surface area (Å²) in [5, 5.41) is 13.7. The van der Waals surface area contributed by atoms with Crippen LogP contribution in [0, 0.1) is 5.92 Å². The van der Waals surface area contributed by atoms with Crippen LogP contribution in [0.3, 0.4) is 0 Å². The Hall–Kier alpha value is -3.35. The maximum Gasteiger partial charge on any atom is 0.244 e. The van der Waals surface area contributed by atoms with Gasteiger partial charge in [0, 0.05) is 6.54 Å². The van der Waals surface area contributed by atoms with Crippen LogP contribution in [0.4, 0.5) is 0 Å². The van der Waals surface area contributed by atoms with Gasteiger partial charge in [0.1, 0.15) is 0 Å². The molecule has 0 aliphatic heterocycles. The summed E-state index contributed by atoms with van der Waals surface area (Å²) in [6, 6.07) is 12.7. The summed E-state index contributed by atoms with van der Waals surface area (Å²) >= 11 is 0. The predicted molar refractivity (Wildman–Crippen MR) is 99.3 cm³/mol. The number of rotatable bonds is 6. The number of aromatic nitrogens is 2. The number of phenolic OH excluding ortho intramolecular Hbond substituents is 1. The van der Waals surface area contributed by atoms with Crippen molar-refractivity contribution in [2.45, 2.75) is 13.5 Å². The Balaban J connectivity index is 1.60. The number of phenols is 1. The molecule has 0 saturated carbocycles. The summed E-state index contributed by atoms with van der Waals surface area (Å²) in [6.07, 6.45) is 3.20. The van der Waals surface area contributed by atoms with Gasteiger partial charge in [-0.15, -0.1) is 0 Å². The van der Waals surface area contributed by atoms with Gasteiger partial charge in [-0.1, -0.05) is 19.1 Å². The maximum atomic E-state index is 12.2. The Kier molecular flexibility index (Phi) is 5.17. The van der Waals surface area contributed by atoms with Crippen LogP contribution in [0.2, 0.25) is 0 Å². The van der Waals surface area contributed by atoms with E-state index in [0.717, 1.165) is 11.0 Å². The fourth-order valence-corrected chi connectivity index (χ4v) is 2.60. The predicted octanol–water partition coefficient (Wildman–Crippen LogP) is 2.54. The first-order chi connectivity index (χ1) is 12.6. The Morgan fingerprint density at radius 1 is 1.38 bits per heavy atom. The zero-order chi connectivity index (χ0) is 18.5. The molecule has 3 rings (SSSR count). The lowest BCUT2D eigenvalue weighted by Crippen LogP contribution is -2.27. The number of hydrazone groups is 1. The van der Waals surface area contributed by atoms with Gasteiger partial charge in [-0.2, -0.15) is 5.10 Å². The van der Waals surface area contributed by atoms with E-state index < -0.39 is 0 Å². The average Bonchev–Trinajstić information content (AvgIpc) is 3.05. The van der Waals surface area contributed by atoms with Gasteiger partial charge in [-0.3, -0.25) is 4.79 Å². The smallest absolute Gasteiger partial charge is 0.244 e. The molecule has 0 unspecified atom stereocenters. The molecule has 1 heterocycles. The molecule has 0 bridgehead atoms. The number of fused-ring (bicyclic) bond motifs is 1. The van der Waals surface area contributed by atoms with Crippen molar-refractivity contribution in [3.63, 3.8) is 0 Å². The minimum Gasteiger partial charge on any atom is -0.504 e. The third kappa shape index (κ3) is 3.83. The Morgan fingerprint density at radius 3 is 2.96 bits per heavy atom. The number of nitrogens with one attached hydrogen (secondary N) is 1. The molecule has 0 fully saturated rings. The third-order valence-corrected chi connectivity index (χ3v) is 4.04. The summed E-state index contributed by atoms with van der Waals surface area (Å²) in [4.78, 5) is 16.6. The minimum atomic E-state index is -0.283. The number of carbonyl (C=O) groups excluding carboxylic acids is 1. The SMILES string of the molecule is COc1ccc(/C=N\NC(=O)[C@H](C)Cn2cnc3ccccc32)cc1O. The molecular weight excluding hydrogens is 332 g/mol. The monoisotopic (exact) mass is 352 g/mol. The van der Waals surface area contributed by atoms with Gasteiger partial charge in [0.05, 0.1) is 36.6 Å². The molecule has 0 saturated heterocycles. The average molecular weight is 352 g/mol. The fourth-order valence-electron chi connectivity index (χ4n) is 2.60. The minimum absolute atomic E-state index is 0.0168. The molecular formula is C19H20N4O3. The molecule has 7 heteroatoms. The van der Waals surface area contributed by atoms with Crippen LogP contribution in [-0.2, 0) is 11.3 Å². The van der Waals surface area contributed by atoms with E-state index in [0.29, 0.717) is 17.9 Å². The van der Waals surface area contributed by atoms with Crippen LogP contribution >= 0.6 is 0 Å². The Labute approximate surface area is 150 Å². The van der Waals surface area contributed by atoms with Crippen LogP contribution in [0.5, 0.6) is 11.5 Å². The molecule has 134 valence electrons. The molecule has 2 N–H and O–H groups in total. The summed E-state index contributed by atoms with van der Waals surface area (Å²) in [7, 11) is 1.48. The Bertz CT molecular complexity index is 949. The highest BCUT2D eigenvalue weighted by Crippen LogP contribution is 2.25. The van der Waals surface area contributed by atoms with Crippen LogP contribution in [0.15, 0.2) is 53.9 Å². The van der Waals surface area contributed by atoms with Crippen molar-refractivity contribution in [2.24, 2.45) is 11.0 Å². The Morgan fingerprint density at radius 2 is 2.19 bits per heavy atom. The summed E-state index contributed by atoms with van der Waals surface area (Å²) in [5.41, 5.74) is 5.06. The molecule has 2 aromatic carbocycles. The number of carbonyl (C=O) groups is 1. The van der Waals surface area contributed by atoms with Crippen molar-refractivity contribution in [1.29, 1.82) is 0 Å². The normalized spacial score (nSPS) is 12.4. The lowest BCUT2D eigenvalue weighted by Gasteiger charge is -2.11. The standard InChI is InChI=1S/C19H20N4O3/c1-13(11-23-12-20-15-5-3-4-6-16(15)23)19(25)22-21-10-14-7-8-18(26-2)17(24)9-14/h3-10,12-13,24H,11H2,1-2H3,(H,22,25)/b21-10-/t13-/m1/s1. The molecule has 1 atom stereocenters. The number of para-hydroxylation sites is 2. The fraction of sp³-hybridized carbons (Fsp3) is 0.211. The van der Waals surface area contributed by atoms with Crippen molar-refractivity contribution >= 4 is 23.2 Å². The van der Waals surface area contributed by atoms with Crippen molar-refractivity contribution in [3.8, 4) is 11.5 Å². The molecule has 0 aliphatic carbocycles. The molecule has 3 aromatic rings. The largest absolute Gasteiger partial charge is 0.504 e. The van der Waals surface area contributed by atoms with Crippen molar-refractivity contribution < 1.29 is 14.6 Å². The van der Waals surface area contributed by atoms with Crippen LogP contribution < -0.4 is 10.2 Å². The zero-order valence-corrected chi connectivity index (χ0v) is 14.6. The van der Waals surface area contributed by atoms with E-state index in [9.17, 15) is 9.90 Å². The van der Waals surface area contributed by atoms with E-state index in [2.05, 4.69) is 15.5 Å². The number of aromatic hydroxyl groups is 1. The molecule has 1 aromatic heterocycles. The van der Waals surface area contributed by atoms with E-state index >= 15 is 0 Å². The molecule has 26 heavy (non-hydrogen) atoms. The lowest BCUT2D eigenvalue weighted by atomic mass is 10.1. The summed E-state index contributed by atoms with van der Waals surface area (Å²) < 4.78 is 6.93. The quantitative estimate of drug-likeness (QED) is 0.527. The van der Waals surface area contributed by atoms with Crippen molar-refractivity contribution in [1.82, 2.24) is 15.0 Å². The topological polar surface area (TPSA) is 88.7 Å². The summed E-state index contributed by atoms with van der Waals surface area (Å²) in [5.74, 6) is -0.0821. The number of benzene rings is 2. The molecule has 0 radical (unpaired) electrons. The van der Waals surface area contributed by atoms with E-state index in [1.807, 2.05) is 35.8 Å². The summed E-state index contributed by atoms with van der Waals surface area (Å²) in [6.45, 7) is 2.34. The van der Waals surface area contributed by atoms with Gasteiger partial charge in [0.15, 0.2) is 11.5 Å². The number of imidazole rings is 1. The van der Waals surface area contributed by atoms with E-state index in [1.165, 1.54) is 19.4 Å². The van der Waals surface area contributed by atoms with Crippen LogP contribution in [0.1, 0.15) is 12.5 Å². The number of amides is 1. The zero-order valence-electron chi connectivity index (χ0n) is 14.6. The van der Waals surface area contributed by atoms with Crippen molar-refractivity contribution in [3.05, 3.63) is 54.4 Å². The van der Waals surface area contributed by atoms with Gasteiger partial charge >= 0.3 is 0 Å². The van der Waals surface area contributed by atoms with Crippen LogP contribution in [-0.4, -0.2) is 33.9 Å². The first kappa shape index (κ1) is 17.5. The second-order valence-corrected chi connectivity index (χ2v) is 5.95. The second kappa shape index (κ2) is 7.69. The van der Waals surface area contributed by atoms with Gasteiger partial charge < -0.3 is 14.4 Å². The first-order valence-electron chi connectivity index (χ1n) is 8.18. The molecule has 1 amide bonds. The number of ether oxygens (including phenoxy) is 1. The van der Waals surface area contributed by atoms with Gasteiger partial charge in [0.2, 0.25) is 5.91 Å². The van der Waals surface area contributed by atoms with E-state index in [1.54, 1.807) is 18.5 Å². The highest BCUT2D eigenvalue weighted by Gasteiger charge is 2.14. The number of nitrogens with zero attached hydrogens (tertiary/aromatic N) is 3. The van der Waals surface area contributed by atoms with E-state index in [4.69, 9.17) is 4.74 Å². The maximum absolute atomic E-state index is 12.2. The van der Waals surface area contributed by atoms with Gasteiger partial charge in [0.25, 0.3) is 0 Å².